The molecule has 2 nitrogen and oxygen atoms in total. The van der Waals surface area contributed by atoms with E-state index in [1.165, 1.54) is 38.5 Å². The van der Waals surface area contributed by atoms with Crippen LogP contribution >= 0.6 is 0 Å². The van der Waals surface area contributed by atoms with Crippen molar-refractivity contribution in [3.63, 3.8) is 0 Å². The molecule has 15 rings (SSSR count). The molecule has 0 heterocycles. The highest BCUT2D eigenvalue weighted by Gasteiger charge is 2.60. The van der Waals surface area contributed by atoms with Crippen LogP contribution in [0.2, 0.25) is 0 Å². The maximum absolute atomic E-state index is 3.51. The molecule has 0 saturated heterocycles. The molecule has 2 heteroatoms. The first-order valence-electron chi connectivity index (χ1n) is 41.4. The minimum absolute atomic E-state index is 0.495. The molecule has 0 N–H and O–H groups in total. The van der Waals surface area contributed by atoms with Crippen LogP contribution in [0.15, 0.2) is 0 Å². The van der Waals surface area contributed by atoms with Crippen molar-refractivity contribution in [2.75, 3.05) is 0 Å². The molecule has 0 radical (unpaired) electrons. The van der Waals surface area contributed by atoms with E-state index in [-0.39, 0.29) is 0 Å². The number of hydrogen-bond donors (Lipinski definition) is 0. The van der Waals surface area contributed by atoms with E-state index in [1.54, 1.807) is 308 Å². The van der Waals surface area contributed by atoms with Crippen molar-refractivity contribution in [2.24, 2.45) is 124 Å². The van der Waals surface area contributed by atoms with Gasteiger partial charge >= 0.3 is 0 Å². The van der Waals surface area contributed by atoms with Crippen LogP contribution in [0.5, 0.6) is 0 Å². The highest BCUT2D eigenvalue weighted by atomic mass is 15.2. The van der Waals surface area contributed by atoms with E-state index in [2.05, 4.69) is 23.6 Å². The lowest BCUT2D eigenvalue weighted by molar-refractivity contribution is -0.0339. The summed E-state index contributed by atoms with van der Waals surface area (Å²) in [7, 11) is 0. The van der Waals surface area contributed by atoms with Crippen molar-refractivity contribution in [1.82, 2.24) is 9.80 Å². The van der Waals surface area contributed by atoms with Crippen molar-refractivity contribution in [2.45, 2.75) is 397 Å². The summed E-state index contributed by atoms with van der Waals surface area (Å²) in [6.45, 7) is 5.86. The summed E-state index contributed by atoms with van der Waals surface area (Å²) in [5, 5.41) is 0. The molecule has 15 aliphatic carbocycles. The van der Waals surface area contributed by atoms with Gasteiger partial charge in [0.05, 0.1) is 0 Å². The topological polar surface area (TPSA) is 6.48 Å². The third-order valence-corrected chi connectivity index (χ3v) is 33.6. The second-order valence-corrected chi connectivity index (χ2v) is 37.4. The van der Waals surface area contributed by atoms with Crippen LogP contribution in [0.4, 0.5) is 0 Å². The predicted molar refractivity (Wildman–Crippen MR) is 359 cm³/mol. The molecule has 0 spiro atoms. The first kappa shape index (κ1) is 61.1. The Morgan fingerprint density at radius 1 is 0.176 bits per heavy atom. The molecule has 0 aromatic carbocycles. The van der Waals surface area contributed by atoms with Gasteiger partial charge in [0.25, 0.3) is 0 Å². The van der Waals surface area contributed by atoms with Gasteiger partial charge in [-0.2, -0.15) is 0 Å². The maximum Gasteiger partial charge on any atom is 0.0104 e. The van der Waals surface area contributed by atoms with Gasteiger partial charge in [-0.1, -0.05) is 194 Å². The fourth-order valence-electron chi connectivity index (χ4n) is 29.4. The Morgan fingerprint density at radius 3 is 0.776 bits per heavy atom. The molecule has 20 unspecified atom stereocenters. The molecule has 15 aliphatic rings. The summed E-state index contributed by atoms with van der Waals surface area (Å²) in [5.74, 6) is 21.2. The molecule has 0 amide bonds. The van der Waals surface area contributed by atoms with Crippen LogP contribution in [-0.4, -0.2) is 46.1 Å². The van der Waals surface area contributed by atoms with Gasteiger partial charge in [0, 0.05) is 36.3 Å². The van der Waals surface area contributed by atoms with Crippen LogP contribution in [0.3, 0.4) is 0 Å². The van der Waals surface area contributed by atoms with E-state index >= 15 is 0 Å². The molecule has 0 aromatic rings. The van der Waals surface area contributed by atoms with E-state index in [0.717, 1.165) is 155 Å². The van der Waals surface area contributed by atoms with Gasteiger partial charge < -0.3 is 0 Å². The smallest absolute Gasteiger partial charge is 0.0104 e. The van der Waals surface area contributed by atoms with Crippen LogP contribution in [0, 0.1) is 124 Å². The van der Waals surface area contributed by atoms with Crippen molar-refractivity contribution in [3.8, 4) is 0 Å². The number of nitrogens with zero attached hydrogens (tertiary/aromatic N) is 2. The number of fused-ring (bicyclic) bond motifs is 5. The summed E-state index contributed by atoms with van der Waals surface area (Å²) in [6.07, 6.45) is 85.0. The highest BCUT2D eigenvalue weighted by molar-refractivity contribution is 5.10. The van der Waals surface area contributed by atoms with E-state index in [0.29, 0.717) is 5.41 Å². The lowest BCUT2D eigenvalue weighted by Gasteiger charge is -2.53. The van der Waals surface area contributed by atoms with E-state index in [4.69, 9.17) is 0 Å². The van der Waals surface area contributed by atoms with Crippen LogP contribution in [0.25, 0.3) is 0 Å². The Kier molecular flexibility index (Phi) is 20.0. The lowest BCUT2D eigenvalue weighted by Crippen LogP contribution is -2.55. The minimum Gasteiger partial charge on any atom is -0.294 e. The van der Waals surface area contributed by atoms with Gasteiger partial charge in [-0.25, -0.2) is 0 Å². The summed E-state index contributed by atoms with van der Waals surface area (Å²) in [4.78, 5) is 7.01. The molecule has 0 aromatic heterocycles. The minimum atomic E-state index is 0.495. The zero-order chi connectivity index (χ0) is 56.8. The number of rotatable bonds is 12. The van der Waals surface area contributed by atoms with Crippen molar-refractivity contribution < 1.29 is 0 Å². The molecule has 0 aliphatic heterocycles. The summed E-state index contributed by atoms with van der Waals surface area (Å²) < 4.78 is 0. The van der Waals surface area contributed by atoms with Crippen molar-refractivity contribution in [3.05, 3.63) is 0 Å². The Balaban J connectivity index is 0.624. The maximum atomic E-state index is 3.51. The van der Waals surface area contributed by atoms with Crippen LogP contribution < -0.4 is 0 Å². The zero-order valence-corrected chi connectivity index (χ0v) is 56.6. The van der Waals surface area contributed by atoms with Gasteiger partial charge in [-0.3, -0.25) is 9.80 Å². The van der Waals surface area contributed by atoms with Gasteiger partial charge in [0.1, 0.15) is 0 Å². The molecule has 0 bridgehead atoms. The first-order chi connectivity index (χ1) is 41.8. The standard InChI is InChI=1S/C83H140N2/c1-83(2)81-55-77(84(75-31-15-29-69(53-75)57-17-5-3-6-18-57)73-41-37-61(38-42-73)65-25-13-27-67(49-65)71-35-33-59-21-9-11-23-63(59)51-71)45-47-79(81)80-48-46-78(56-82(80)83)85(76-32-16-30-70(54-76)58-19-7-4-8-20-58)74-43-39-62(40-44-74)66-26-14-28-68(50-66)72-36-34-60-22-10-12-24-64(60)52-72/h57-82H,3-56H2,1-2H3. The van der Waals surface area contributed by atoms with Crippen molar-refractivity contribution in [1.29, 1.82) is 0 Å². The first-order valence-corrected chi connectivity index (χ1v) is 41.4. The second-order valence-electron chi connectivity index (χ2n) is 37.4. The quantitative estimate of drug-likeness (QED) is 0.192. The van der Waals surface area contributed by atoms with Crippen molar-refractivity contribution >= 4 is 0 Å². The van der Waals surface area contributed by atoms with Gasteiger partial charge in [-0.15, -0.1) is 0 Å². The third kappa shape index (κ3) is 13.3. The SMILES string of the molecule is CC1(C)C2CC(N(C3CCC(C4CCCC(C5CCC6CCCCC6C5)C4)CC3)C3CCCC(C4CCCCC4)C3)CCC2C2CCC(N(C3CCC(C4CCCC(C5CCC6CCCCC6C5)C4)CC3)C3CCCC(C4CCCCC4)C3)CC21. The Hall–Kier alpha value is -0.0800. The fraction of sp³-hybridized carbons (Fsp3) is 1.00. The Morgan fingerprint density at radius 2 is 0.400 bits per heavy atom. The zero-order valence-electron chi connectivity index (χ0n) is 56.6. The van der Waals surface area contributed by atoms with E-state index in [1.807, 2.05) is 0 Å². The van der Waals surface area contributed by atoms with Crippen LogP contribution in [-0.2, 0) is 0 Å². The highest BCUT2D eigenvalue weighted by Crippen LogP contribution is 2.65. The predicted octanol–water partition coefficient (Wildman–Crippen LogP) is 23.4. The molecular formula is C83H140N2. The molecule has 20 atom stereocenters. The van der Waals surface area contributed by atoms with E-state index < -0.39 is 0 Å². The average molecular weight is 1170 g/mol. The van der Waals surface area contributed by atoms with Gasteiger partial charge in [0.15, 0.2) is 0 Å². The monoisotopic (exact) mass is 1170 g/mol. The summed E-state index contributed by atoms with van der Waals surface area (Å²) in [6, 6.07) is 5.32. The third-order valence-electron chi connectivity index (χ3n) is 33.6. The molecule has 15 fully saturated rings. The molecule has 15 saturated carbocycles. The average Bonchev–Trinajstić information content (AvgIpc) is 1.76. The summed E-state index contributed by atoms with van der Waals surface area (Å²) >= 11 is 0. The normalized spacial score (nSPS) is 48.8. The molecule has 85 heavy (non-hydrogen) atoms. The lowest BCUT2D eigenvalue weighted by atomic mass is 9.60. The molecular weight excluding hydrogens is 1020 g/mol. The second kappa shape index (κ2) is 27.9. The van der Waals surface area contributed by atoms with Crippen LogP contribution in [0.1, 0.15) is 361 Å². The Labute approximate surface area is 527 Å². The van der Waals surface area contributed by atoms with E-state index in [9.17, 15) is 0 Å². The molecule has 482 valence electrons. The largest absolute Gasteiger partial charge is 0.294 e. The number of hydrogen-bond acceptors (Lipinski definition) is 2. The van der Waals surface area contributed by atoms with Gasteiger partial charge in [-0.05, 0) is 291 Å². The summed E-state index contributed by atoms with van der Waals surface area (Å²) in [5.41, 5.74) is 0.495. The fourth-order valence-corrected chi connectivity index (χ4v) is 29.4. The Bertz CT molecular complexity index is 1900. The van der Waals surface area contributed by atoms with Gasteiger partial charge in [0.2, 0.25) is 0 Å².